The number of hydrogen-bond acceptors (Lipinski definition) is 5. The van der Waals surface area contributed by atoms with Gasteiger partial charge in [0.25, 0.3) is 5.53 Å². The molecule has 0 heterocycles. The van der Waals surface area contributed by atoms with Crippen LogP contribution in [0.4, 0.5) is 0 Å². The summed E-state index contributed by atoms with van der Waals surface area (Å²) in [6.45, 7) is 0. The first-order valence-electron chi connectivity index (χ1n) is 2.35. The summed E-state index contributed by atoms with van der Waals surface area (Å²) in [6.07, 6.45) is 0. The Morgan fingerprint density at radius 3 is 2.00 bits per heavy atom. The molecule has 0 aromatic carbocycles. The molecule has 1 atom stereocenters. The van der Waals surface area contributed by atoms with Gasteiger partial charge in [-0.2, -0.15) is 0 Å². The van der Waals surface area contributed by atoms with Crippen molar-refractivity contribution in [1.29, 1.82) is 0 Å². The number of rotatable bonds is 3. The predicted octanol–water partition coefficient (Wildman–Crippen LogP) is -3.37. The fourth-order valence-corrected chi connectivity index (χ4v) is 1.48. The van der Waals surface area contributed by atoms with Gasteiger partial charge in [-0.05, 0) is 0 Å². The number of alkyl halides is 2. The fourth-order valence-electron chi connectivity index (χ4n) is 0.254. The molecule has 0 amide bonds. The molecular weight excluding hydrogens is 241 g/mol. The van der Waals surface area contributed by atoms with E-state index in [1.54, 1.807) is 0 Å². The van der Waals surface area contributed by atoms with Gasteiger partial charge in [-0.1, -0.05) is 23.2 Å². The molecule has 0 aliphatic heterocycles. The summed E-state index contributed by atoms with van der Waals surface area (Å²) in [4.78, 5) is 8.72. The topological polar surface area (TPSA) is 89.8 Å². The Bertz CT molecular complexity index is 186. The minimum absolute atomic E-state index is 0. The summed E-state index contributed by atoms with van der Waals surface area (Å²) in [5, 5.41) is 17.4. The zero-order chi connectivity index (χ0) is 9.28. The normalized spacial score (nSPS) is 16.9. The summed E-state index contributed by atoms with van der Waals surface area (Å²) in [5.41, 5.74) is -3.25. The smallest absolute Gasteiger partial charge is 0.775 e. The second-order valence-electron chi connectivity index (χ2n) is 1.67. The largest absolute Gasteiger partial charge is 1.00 e. The summed E-state index contributed by atoms with van der Waals surface area (Å²) < 4.78 is 14.4. The Morgan fingerprint density at radius 2 is 1.92 bits per heavy atom. The first kappa shape index (κ1) is 16.1. The summed E-state index contributed by atoms with van der Waals surface area (Å²) in [7, 11) is -4.07. The third-order valence-corrected chi connectivity index (χ3v) is 3.39. The zero-order valence-electron chi connectivity index (χ0n) is 6.40. The third-order valence-electron chi connectivity index (χ3n) is 0.936. The van der Waals surface area contributed by atoms with E-state index >= 15 is 0 Å². The van der Waals surface area contributed by atoms with E-state index in [9.17, 15) is 9.46 Å². The van der Waals surface area contributed by atoms with Crippen LogP contribution in [0.15, 0.2) is 0 Å². The van der Waals surface area contributed by atoms with E-state index in [0.717, 1.165) is 7.11 Å². The second-order valence-corrected chi connectivity index (χ2v) is 4.78. The summed E-state index contributed by atoms with van der Waals surface area (Å²) in [5.74, 6) is 0. The molecule has 0 saturated carbocycles. The molecule has 0 aromatic rings. The molecule has 0 radical (unpaired) electrons. The van der Waals surface area contributed by atoms with Crippen LogP contribution >= 0.6 is 30.8 Å². The van der Waals surface area contributed by atoms with Gasteiger partial charge in [0.2, 0.25) is 0 Å². The fraction of sp³-hybridized carbons (Fsp3) is 1.00. The van der Waals surface area contributed by atoms with E-state index in [1.165, 1.54) is 0 Å². The molecule has 2 N–H and O–H groups in total. The second kappa shape index (κ2) is 5.51. The van der Waals surface area contributed by atoms with Gasteiger partial charge in [-0.15, -0.1) is 0 Å². The van der Waals surface area contributed by atoms with Crippen molar-refractivity contribution in [2.45, 2.75) is 10.4 Å². The average molecular weight is 247 g/mol. The monoisotopic (exact) mass is 246 g/mol. The molecule has 68 valence electrons. The molecule has 0 rings (SSSR count). The Morgan fingerprint density at radius 1 is 1.58 bits per heavy atom. The molecule has 0 bridgehead atoms. The molecule has 1 unspecified atom stereocenters. The molecule has 5 nitrogen and oxygen atoms in total. The van der Waals surface area contributed by atoms with E-state index in [4.69, 9.17) is 33.4 Å². The van der Waals surface area contributed by atoms with Crippen LogP contribution < -0.4 is 34.5 Å². The zero-order valence-corrected chi connectivity index (χ0v) is 10.8. The first-order chi connectivity index (χ1) is 4.75. The first-order valence-corrected chi connectivity index (χ1v) is 4.77. The molecule has 9 heteroatoms. The minimum atomic E-state index is -4.84. The van der Waals surface area contributed by atoms with Crippen LogP contribution in [0, 0.1) is 0 Å². The van der Waals surface area contributed by atoms with Crippen molar-refractivity contribution in [2.24, 2.45) is 0 Å². The summed E-state index contributed by atoms with van der Waals surface area (Å²) >= 11 is 9.89. The number of halogens is 2. The predicted molar refractivity (Wildman–Crippen MR) is 37.3 cm³/mol. The van der Waals surface area contributed by atoms with Crippen molar-refractivity contribution >= 4 is 30.8 Å². The van der Waals surface area contributed by atoms with Crippen LogP contribution in [0.5, 0.6) is 0 Å². The van der Waals surface area contributed by atoms with Gasteiger partial charge in [-0.3, -0.25) is 0 Å². The maximum absolute atomic E-state index is 10.6. The Balaban J connectivity index is 0. The van der Waals surface area contributed by atoms with Crippen molar-refractivity contribution < 1.29 is 53.8 Å². The standard InChI is InChI=1S/C3H7Cl2O5P.Na/c1-10-11(8,9)3(6,7)2(4)5;/h2,6-7H,1H3,(H,8,9);/q;+1/p-1. The SMILES string of the molecule is COP(=O)([O-])C(O)(O)C(Cl)Cl.[Na+]. The Labute approximate surface area is 101 Å². The molecular formula is C3H6Cl2NaO5P. The van der Waals surface area contributed by atoms with Crippen molar-refractivity contribution in [3.8, 4) is 0 Å². The van der Waals surface area contributed by atoms with Crippen molar-refractivity contribution in [3.63, 3.8) is 0 Å². The van der Waals surface area contributed by atoms with Crippen molar-refractivity contribution in [3.05, 3.63) is 0 Å². The van der Waals surface area contributed by atoms with Gasteiger partial charge in [0.05, 0.1) is 0 Å². The van der Waals surface area contributed by atoms with Crippen LogP contribution in [0.3, 0.4) is 0 Å². The molecule has 0 fully saturated rings. The maximum Gasteiger partial charge on any atom is 1.00 e. The Kier molecular flexibility index (Phi) is 7.39. The van der Waals surface area contributed by atoms with E-state index in [-0.39, 0.29) is 29.6 Å². The molecule has 0 aliphatic carbocycles. The van der Waals surface area contributed by atoms with Crippen LogP contribution in [-0.4, -0.2) is 27.7 Å². The van der Waals surface area contributed by atoms with Gasteiger partial charge in [0.15, 0.2) is 12.4 Å². The van der Waals surface area contributed by atoms with E-state index in [0.29, 0.717) is 0 Å². The Hall–Kier alpha value is 1.65. The summed E-state index contributed by atoms with van der Waals surface area (Å²) in [6, 6.07) is 0. The van der Waals surface area contributed by atoms with Gasteiger partial charge in [-0.25, -0.2) is 0 Å². The van der Waals surface area contributed by atoms with Crippen LogP contribution in [0.2, 0.25) is 0 Å². The average Bonchev–Trinajstić information content (AvgIpc) is 1.87. The molecule has 0 aliphatic rings. The van der Waals surface area contributed by atoms with Crippen LogP contribution in [0.1, 0.15) is 0 Å². The third kappa shape index (κ3) is 3.42. The number of hydrogen-bond donors (Lipinski definition) is 2. The molecule has 0 aromatic heterocycles. The van der Waals surface area contributed by atoms with Crippen molar-refractivity contribution in [2.75, 3.05) is 7.11 Å². The van der Waals surface area contributed by atoms with E-state index in [1.807, 2.05) is 0 Å². The van der Waals surface area contributed by atoms with Gasteiger partial charge < -0.3 is 24.2 Å². The molecule has 0 saturated heterocycles. The van der Waals surface area contributed by atoms with Crippen LogP contribution in [-0.2, 0) is 9.09 Å². The van der Waals surface area contributed by atoms with Gasteiger partial charge >= 0.3 is 29.6 Å². The van der Waals surface area contributed by atoms with Crippen LogP contribution in [0.25, 0.3) is 0 Å². The van der Waals surface area contributed by atoms with E-state index in [2.05, 4.69) is 4.52 Å². The minimum Gasteiger partial charge on any atom is -0.775 e. The molecule has 12 heavy (non-hydrogen) atoms. The number of aliphatic hydroxyl groups is 2. The van der Waals surface area contributed by atoms with Gasteiger partial charge in [0, 0.05) is 7.11 Å². The van der Waals surface area contributed by atoms with Crippen molar-refractivity contribution in [1.82, 2.24) is 0 Å². The maximum atomic E-state index is 10.6. The quantitative estimate of drug-likeness (QED) is 0.235. The molecule has 0 spiro atoms. The van der Waals surface area contributed by atoms with E-state index < -0.39 is 18.0 Å². The van der Waals surface area contributed by atoms with Gasteiger partial charge in [0.1, 0.15) is 0 Å².